The quantitative estimate of drug-likeness (QED) is 0.666. The predicted molar refractivity (Wildman–Crippen MR) is 87.8 cm³/mol. The number of carbonyl (C=O) groups excluding carboxylic acids is 1. The average Bonchev–Trinajstić information content (AvgIpc) is 3.11. The van der Waals surface area contributed by atoms with Crippen molar-refractivity contribution in [3.05, 3.63) is 66.0 Å². The molecule has 1 heterocycles. The smallest absolute Gasteiger partial charge is 0.312 e. The highest BCUT2D eigenvalue weighted by Gasteiger charge is 2.16. The van der Waals surface area contributed by atoms with Crippen molar-refractivity contribution in [1.29, 1.82) is 0 Å². The molecule has 0 aliphatic rings. The van der Waals surface area contributed by atoms with Gasteiger partial charge < -0.3 is 9.26 Å². The zero-order valence-corrected chi connectivity index (χ0v) is 13.3. The van der Waals surface area contributed by atoms with Gasteiger partial charge >= 0.3 is 5.97 Å². The van der Waals surface area contributed by atoms with Crippen molar-refractivity contribution in [2.24, 2.45) is 0 Å². The maximum absolute atomic E-state index is 13.0. The summed E-state index contributed by atoms with van der Waals surface area (Å²) in [6.07, 6.45) is 0. The Balaban J connectivity index is 1.83. The molecule has 0 N–H and O–H groups in total. The van der Waals surface area contributed by atoms with Crippen molar-refractivity contribution in [1.82, 2.24) is 5.16 Å². The molecule has 0 spiro atoms. The first kappa shape index (κ1) is 15.9. The van der Waals surface area contributed by atoms with E-state index in [1.807, 2.05) is 24.3 Å². The number of nitrogens with zero attached hydrogens (tertiary/aromatic N) is 1. The van der Waals surface area contributed by atoms with Crippen molar-refractivity contribution >= 4 is 5.97 Å². The highest BCUT2D eigenvalue weighted by atomic mass is 19.1. The van der Waals surface area contributed by atoms with E-state index in [0.29, 0.717) is 11.5 Å². The van der Waals surface area contributed by atoms with Gasteiger partial charge in [-0.3, -0.25) is 4.79 Å². The van der Waals surface area contributed by atoms with Gasteiger partial charge in [0.05, 0.1) is 13.0 Å². The maximum Gasteiger partial charge on any atom is 0.312 e. The first-order valence-corrected chi connectivity index (χ1v) is 7.49. The minimum Gasteiger partial charge on any atom is -0.469 e. The summed E-state index contributed by atoms with van der Waals surface area (Å²) in [6.45, 7) is 1.80. The third-order valence-corrected chi connectivity index (χ3v) is 3.90. The number of methoxy groups -OCH3 is 1. The molecule has 4 nitrogen and oxygen atoms in total. The predicted octanol–water partition coefficient (Wildman–Crippen LogP) is 4.42. The molecule has 3 rings (SSSR count). The largest absolute Gasteiger partial charge is 0.469 e. The normalized spacial score (nSPS) is 12.0. The third kappa shape index (κ3) is 3.20. The Morgan fingerprint density at radius 1 is 1.08 bits per heavy atom. The number of carbonyl (C=O) groups is 1. The Kier molecular flexibility index (Phi) is 4.42. The molecular weight excluding hydrogens is 309 g/mol. The number of aromatic nitrogens is 1. The molecule has 1 atom stereocenters. The van der Waals surface area contributed by atoms with Gasteiger partial charge in [-0.25, -0.2) is 4.39 Å². The van der Waals surface area contributed by atoms with E-state index in [0.717, 1.165) is 16.7 Å². The van der Waals surface area contributed by atoms with Gasteiger partial charge in [-0.15, -0.1) is 0 Å². The second-order valence-corrected chi connectivity index (χ2v) is 5.45. The maximum atomic E-state index is 13.0. The van der Waals surface area contributed by atoms with E-state index in [-0.39, 0.29) is 17.7 Å². The average molecular weight is 325 g/mol. The highest BCUT2D eigenvalue weighted by Crippen LogP contribution is 2.27. The molecule has 2 aromatic carbocycles. The van der Waals surface area contributed by atoms with E-state index >= 15 is 0 Å². The van der Waals surface area contributed by atoms with Crippen LogP contribution in [0, 0.1) is 5.82 Å². The van der Waals surface area contributed by atoms with Gasteiger partial charge in [0, 0.05) is 17.2 Å². The van der Waals surface area contributed by atoms with Crippen molar-refractivity contribution in [3.8, 4) is 22.6 Å². The molecule has 5 heteroatoms. The standard InChI is InChI=1S/C19H16FNO3/c1-12(19(22)23-2)13-3-5-14(6-4-13)17-11-18(24-21-17)15-7-9-16(20)10-8-15/h3-12H,1-2H3. The summed E-state index contributed by atoms with van der Waals surface area (Å²) in [7, 11) is 1.37. The van der Waals surface area contributed by atoms with Crippen LogP contribution in [-0.4, -0.2) is 18.2 Å². The molecule has 0 bridgehead atoms. The van der Waals surface area contributed by atoms with Crippen molar-refractivity contribution in [3.63, 3.8) is 0 Å². The molecule has 0 saturated carbocycles. The Bertz CT molecular complexity index is 838. The first-order valence-electron chi connectivity index (χ1n) is 7.49. The molecule has 1 unspecified atom stereocenters. The lowest BCUT2D eigenvalue weighted by Gasteiger charge is -2.09. The molecular formula is C19H16FNO3. The lowest BCUT2D eigenvalue weighted by atomic mass is 9.99. The lowest BCUT2D eigenvalue weighted by Crippen LogP contribution is -2.10. The van der Waals surface area contributed by atoms with Crippen LogP contribution in [0.15, 0.2) is 59.1 Å². The van der Waals surface area contributed by atoms with E-state index < -0.39 is 0 Å². The second kappa shape index (κ2) is 6.66. The Morgan fingerprint density at radius 3 is 2.33 bits per heavy atom. The summed E-state index contributed by atoms with van der Waals surface area (Å²) in [6, 6.07) is 15.3. The van der Waals surface area contributed by atoms with Crippen LogP contribution >= 0.6 is 0 Å². The molecule has 0 aliphatic carbocycles. The highest BCUT2D eigenvalue weighted by molar-refractivity contribution is 5.78. The number of benzene rings is 2. The molecule has 0 aliphatic heterocycles. The van der Waals surface area contributed by atoms with Crippen LogP contribution in [0.1, 0.15) is 18.4 Å². The fourth-order valence-electron chi connectivity index (χ4n) is 2.42. The van der Waals surface area contributed by atoms with Crippen LogP contribution in [0.25, 0.3) is 22.6 Å². The van der Waals surface area contributed by atoms with Crippen LogP contribution in [-0.2, 0) is 9.53 Å². The topological polar surface area (TPSA) is 52.3 Å². The van der Waals surface area contributed by atoms with Crippen molar-refractivity contribution in [2.75, 3.05) is 7.11 Å². The molecule has 1 aromatic heterocycles. The molecule has 0 saturated heterocycles. The minimum absolute atomic E-state index is 0.275. The van der Waals surface area contributed by atoms with E-state index in [4.69, 9.17) is 9.26 Å². The number of esters is 1. The van der Waals surface area contributed by atoms with Gasteiger partial charge in [0.2, 0.25) is 0 Å². The zero-order chi connectivity index (χ0) is 17.1. The zero-order valence-electron chi connectivity index (χ0n) is 13.3. The van der Waals surface area contributed by atoms with Crippen LogP contribution in [0.4, 0.5) is 4.39 Å². The van der Waals surface area contributed by atoms with Gasteiger partial charge in [-0.1, -0.05) is 29.4 Å². The Morgan fingerprint density at radius 2 is 1.71 bits per heavy atom. The van der Waals surface area contributed by atoms with Crippen LogP contribution in [0.5, 0.6) is 0 Å². The second-order valence-electron chi connectivity index (χ2n) is 5.45. The number of ether oxygens (including phenoxy) is 1. The fourth-order valence-corrected chi connectivity index (χ4v) is 2.42. The summed E-state index contributed by atoms with van der Waals surface area (Å²) in [4.78, 5) is 11.6. The molecule has 0 fully saturated rings. The Hall–Kier alpha value is -2.95. The van der Waals surface area contributed by atoms with E-state index in [2.05, 4.69) is 5.16 Å². The lowest BCUT2D eigenvalue weighted by molar-refractivity contribution is -0.141. The summed E-state index contributed by atoms with van der Waals surface area (Å²) < 4.78 is 23.1. The monoisotopic (exact) mass is 325 g/mol. The summed E-state index contributed by atoms with van der Waals surface area (Å²) in [5.74, 6) is -0.329. The van der Waals surface area contributed by atoms with Gasteiger partial charge in [0.25, 0.3) is 0 Å². The molecule has 0 amide bonds. The molecule has 3 aromatic rings. The Labute approximate surface area is 138 Å². The summed E-state index contributed by atoms with van der Waals surface area (Å²) in [5, 5.41) is 4.05. The van der Waals surface area contributed by atoms with Crippen LogP contribution in [0.3, 0.4) is 0 Å². The van der Waals surface area contributed by atoms with E-state index in [9.17, 15) is 9.18 Å². The van der Waals surface area contributed by atoms with Crippen LogP contribution in [0.2, 0.25) is 0 Å². The summed E-state index contributed by atoms with van der Waals surface area (Å²) >= 11 is 0. The number of halogens is 1. The molecule has 24 heavy (non-hydrogen) atoms. The van der Waals surface area contributed by atoms with Gasteiger partial charge in [0.15, 0.2) is 5.76 Å². The fraction of sp³-hybridized carbons (Fsp3) is 0.158. The SMILES string of the molecule is COC(=O)C(C)c1ccc(-c2cc(-c3ccc(F)cc3)on2)cc1. The van der Waals surface area contributed by atoms with Gasteiger partial charge in [-0.2, -0.15) is 0 Å². The number of hydrogen-bond donors (Lipinski definition) is 0. The van der Waals surface area contributed by atoms with Gasteiger partial charge in [0.1, 0.15) is 11.5 Å². The minimum atomic E-state index is -0.323. The molecule has 0 radical (unpaired) electrons. The first-order chi connectivity index (χ1) is 11.6. The van der Waals surface area contributed by atoms with Gasteiger partial charge in [-0.05, 0) is 36.8 Å². The molecule has 122 valence electrons. The number of hydrogen-bond acceptors (Lipinski definition) is 4. The van der Waals surface area contributed by atoms with Crippen molar-refractivity contribution < 1.29 is 18.4 Å². The van der Waals surface area contributed by atoms with Crippen molar-refractivity contribution in [2.45, 2.75) is 12.8 Å². The third-order valence-electron chi connectivity index (χ3n) is 3.90. The van der Waals surface area contributed by atoms with E-state index in [1.165, 1.54) is 19.2 Å². The van der Waals surface area contributed by atoms with Crippen LogP contribution < -0.4 is 0 Å². The summed E-state index contributed by atoms with van der Waals surface area (Å²) in [5.41, 5.74) is 3.17. The number of rotatable bonds is 4. The van der Waals surface area contributed by atoms with E-state index in [1.54, 1.807) is 25.1 Å².